The van der Waals surface area contributed by atoms with E-state index >= 15 is 0 Å². The van der Waals surface area contributed by atoms with Gasteiger partial charge in [0.05, 0.1) is 23.2 Å². The van der Waals surface area contributed by atoms with E-state index in [-0.39, 0.29) is 30.3 Å². The van der Waals surface area contributed by atoms with Crippen molar-refractivity contribution in [3.05, 3.63) is 57.8 Å². The normalized spacial score (nSPS) is 18.8. The predicted octanol–water partition coefficient (Wildman–Crippen LogP) is 4.40. The molecule has 2 amide bonds. The second-order valence-electron chi connectivity index (χ2n) is 8.63. The molecule has 0 spiro atoms. The molecule has 1 aliphatic carbocycles. The number of carbonyl (C=O) groups is 2. The van der Waals surface area contributed by atoms with Gasteiger partial charge in [-0.25, -0.2) is 5.01 Å². The summed E-state index contributed by atoms with van der Waals surface area (Å²) in [7, 11) is 1.62. The van der Waals surface area contributed by atoms with Crippen LogP contribution < -0.4 is 0 Å². The summed E-state index contributed by atoms with van der Waals surface area (Å²) in [5, 5.41) is 8.36. The Kier molecular flexibility index (Phi) is 7.37. The Morgan fingerprint density at radius 2 is 1.94 bits per heavy atom. The molecule has 6 nitrogen and oxygen atoms in total. The molecule has 2 heterocycles. The number of benzene rings is 1. The van der Waals surface area contributed by atoms with Crippen LogP contribution >= 0.6 is 11.3 Å². The minimum Gasteiger partial charge on any atom is -0.383 e. The molecule has 170 valence electrons. The number of ether oxygens (including phenoxy) is 1. The second kappa shape index (κ2) is 10.4. The number of hydrogen-bond acceptors (Lipinski definition) is 5. The lowest BCUT2D eigenvalue weighted by molar-refractivity contribution is -0.144. The molecule has 0 radical (unpaired) electrons. The van der Waals surface area contributed by atoms with Crippen LogP contribution in [0.1, 0.15) is 54.1 Å². The predicted molar refractivity (Wildman–Crippen MR) is 127 cm³/mol. The van der Waals surface area contributed by atoms with Gasteiger partial charge in [-0.3, -0.25) is 9.59 Å². The molecule has 1 aromatic heterocycles. The van der Waals surface area contributed by atoms with Crippen molar-refractivity contribution in [2.75, 3.05) is 26.8 Å². The van der Waals surface area contributed by atoms with Gasteiger partial charge >= 0.3 is 0 Å². The van der Waals surface area contributed by atoms with Gasteiger partial charge in [-0.15, -0.1) is 11.3 Å². The fraction of sp³-hybridized carbons (Fsp3) is 0.480. The molecule has 0 saturated heterocycles. The number of rotatable bonds is 8. The molecular weight excluding hydrogens is 422 g/mol. The number of methoxy groups -OCH3 is 1. The maximum atomic E-state index is 13.5. The lowest BCUT2D eigenvalue weighted by Crippen LogP contribution is -2.44. The van der Waals surface area contributed by atoms with Crippen LogP contribution in [-0.4, -0.2) is 54.2 Å². The van der Waals surface area contributed by atoms with Crippen molar-refractivity contribution in [2.45, 2.75) is 45.1 Å². The van der Waals surface area contributed by atoms with Crippen LogP contribution in [0.2, 0.25) is 0 Å². The van der Waals surface area contributed by atoms with Crippen molar-refractivity contribution in [3.63, 3.8) is 0 Å². The number of amides is 2. The number of carbonyl (C=O) groups excluding carboxylic acids is 2. The number of aryl methyl sites for hydroxylation is 1. The number of thiophene rings is 1. The first-order valence-electron chi connectivity index (χ1n) is 11.3. The maximum Gasteiger partial charge on any atom is 0.262 e. The summed E-state index contributed by atoms with van der Waals surface area (Å²) in [5.74, 6) is -0.0534. The van der Waals surface area contributed by atoms with E-state index < -0.39 is 0 Å². The van der Waals surface area contributed by atoms with E-state index in [2.05, 4.69) is 31.2 Å². The first-order chi connectivity index (χ1) is 15.6. The van der Waals surface area contributed by atoms with Gasteiger partial charge in [0.1, 0.15) is 6.54 Å². The van der Waals surface area contributed by atoms with Crippen molar-refractivity contribution in [1.29, 1.82) is 0 Å². The van der Waals surface area contributed by atoms with Gasteiger partial charge in [0, 0.05) is 26.0 Å². The molecule has 7 heteroatoms. The summed E-state index contributed by atoms with van der Waals surface area (Å²) in [6, 6.07) is 12.1. The molecule has 32 heavy (non-hydrogen) atoms. The second-order valence-corrected chi connectivity index (χ2v) is 9.57. The average Bonchev–Trinajstić information content (AvgIpc) is 3.57. The summed E-state index contributed by atoms with van der Waals surface area (Å²) in [4.78, 5) is 29.4. The van der Waals surface area contributed by atoms with Crippen LogP contribution in [0.5, 0.6) is 0 Å². The topological polar surface area (TPSA) is 62.2 Å². The number of hydrazone groups is 1. The van der Waals surface area contributed by atoms with Crippen LogP contribution in [-0.2, 0) is 14.3 Å². The van der Waals surface area contributed by atoms with E-state index in [1.807, 2.05) is 17.5 Å². The summed E-state index contributed by atoms with van der Waals surface area (Å²) in [6.07, 6.45) is 4.65. The molecular formula is C25H31N3O3S. The molecule has 2 aliphatic rings. The third-order valence-corrected chi connectivity index (χ3v) is 7.26. The Bertz CT molecular complexity index is 949. The van der Waals surface area contributed by atoms with Crippen molar-refractivity contribution in [2.24, 2.45) is 11.0 Å². The highest BCUT2D eigenvalue weighted by Crippen LogP contribution is 2.34. The smallest absolute Gasteiger partial charge is 0.262 e. The Hall–Kier alpha value is -2.51. The number of hydrogen-bond donors (Lipinski definition) is 0. The molecule has 1 atom stereocenters. The van der Waals surface area contributed by atoms with Gasteiger partial charge in [-0.1, -0.05) is 48.7 Å². The van der Waals surface area contributed by atoms with Crippen molar-refractivity contribution in [1.82, 2.24) is 9.91 Å². The van der Waals surface area contributed by atoms with Gasteiger partial charge in [0.25, 0.3) is 5.91 Å². The van der Waals surface area contributed by atoms with Gasteiger partial charge in [0.15, 0.2) is 0 Å². The van der Waals surface area contributed by atoms with Crippen molar-refractivity contribution in [3.8, 4) is 0 Å². The van der Waals surface area contributed by atoms with E-state index in [0.717, 1.165) is 41.8 Å². The largest absolute Gasteiger partial charge is 0.383 e. The zero-order valence-electron chi connectivity index (χ0n) is 18.8. The van der Waals surface area contributed by atoms with Crippen LogP contribution in [0.25, 0.3) is 0 Å². The Morgan fingerprint density at radius 3 is 2.59 bits per heavy atom. The van der Waals surface area contributed by atoms with E-state index in [1.165, 1.54) is 5.56 Å². The summed E-state index contributed by atoms with van der Waals surface area (Å²) < 4.78 is 5.21. The third-order valence-electron chi connectivity index (χ3n) is 6.34. The first kappa shape index (κ1) is 22.7. The lowest BCUT2D eigenvalue weighted by Gasteiger charge is -2.28. The fourth-order valence-corrected chi connectivity index (χ4v) is 5.24. The molecule has 1 saturated carbocycles. The molecule has 1 fully saturated rings. The molecule has 1 aromatic carbocycles. The molecule has 0 bridgehead atoms. The third kappa shape index (κ3) is 5.10. The quantitative estimate of drug-likeness (QED) is 0.595. The van der Waals surface area contributed by atoms with Gasteiger partial charge < -0.3 is 9.64 Å². The Labute approximate surface area is 193 Å². The summed E-state index contributed by atoms with van der Waals surface area (Å²) in [5.41, 5.74) is 3.16. The fourth-order valence-electron chi connectivity index (χ4n) is 4.52. The van der Waals surface area contributed by atoms with E-state index in [1.54, 1.807) is 28.4 Å². The van der Waals surface area contributed by atoms with E-state index in [9.17, 15) is 9.59 Å². The molecule has 0 N–H and O–H groups in total. The molecule has 2 aromatic rings. The highest BCUT2D eigenvalue weighted by atomic mass is 32.1. The van der Waals surface area contributed by atoms with Gasteiger partial charge in [0.2, 0.25) is 5.91 Å². The average molecular weight is 454 g/mol. The summed E-state index contributed by atoms with van der Waals surface area (Å²) >= 11 is 1.63. The minimum atomic E-state index is -0.161. The number of nitrogens with zero attached hydrogens (tertiary/aromatic N) is 3. The monoisotopic (exact) mass is 453 g/mol. The standard InChI is InChI=1S/C25H31N3O3S/c1-18-9-11-19(12-10-18)22-16-21(23-8-5-15-32-23)26-28(22)24(29)17-27(13-14-31-2)25(30)20-6-3-4-7-20/h5,8-12,15,20,22H,3-4,6-7,13-14,16-17H2,1-2H3/t22-/m1/s1. The highest BCUT2D eigenvalue weighted by molar-refractivity contribution is 7.12. The van der Waals surface area contributed by atoms with Gasteiger partial charge in [-0.2, -0.15) is 5.10 Å². The zero-order chi connectivity index (χ0) is 22.5. The van der Waals surface area contributed by atoms with Gasteiger partial charge in [-0.05, 0) is 36.8 Å². The minimum absolute atomic E-state index is 0.0244. The molecule has 1 aliphatic heterocycles. The molecule has 0 unspecified atom stereocenters. The van der Waals surface area contributed by atoms with E-state index in [4.69, 9.17) is 9.84 Å². The SMILES string of the molecule is COCCN(CC(=O)N1N=C(c2cccs2)C[C@@H]1c1ccc(C)cc1)C(=O)C1CCCC1. The van der Waals surface area contributed by atoms with Crippen LogP contribution in [0.4, 0.5) is 0 Å². The Morgan fingerprint density at radius 1 is 1.19 bits per heavy atom. The molecule has 4 rings (SSSR count). The first-order valence-corrected chi connectivity index (χ1v) is 12.2. The van der Waals surface area contributed by atoms with Crippen LogP contribution in [0.15, 0.2) is 46.9 Å². The van der Waals surface area contributed by atoms with Crippen LogP contribution in [0.3, 0.4) is 0 Å². The zero-order valence-corrected chi connectivity index (χ0v) is 19.6. The maximum absolute atomic E-state index is 13.5. The van der Waals surface area contributed by atoms with Crippen molar-refractivity contribution < 1.29 is 14.3 Å². The summed E-state index contributed by atoms with van der Waals surface area (Å²) in [6.45, 7) is 2.92. The van der Waals surface area contributed by atoms with Crippen LogP contribution in [0, 0.1) is 12.8 Å². The Balaban J connectivity index is 1.56. The lowest BCUT2D eigenvalue weighted by atomic mass is 10.00. The van der Waals surface area contributed by atoms with E-state index in [0.29, 0.717) is 19.6 Å². The highest BCUT2D eigenvalue weighted by Gasteiger charge is 2.35. The van der Waals surface area contributed by atoms with Crippen molar-refractivity contribution >= 4 is 28.9 Å².